The van der Waals surface area contributed by atoms with Gasteiger partial charge in [-0.3, -0.25) is 0 Å². The van der Waals surface area contributed by atoms with Gasteiger partial charge in [-0.1, -0.05) is 37.3 Å². The first kappa shape index (κ1) is 10.9. The van der Waals surface area contributed by atoms with Crippen LogP contribution in [0.3, 0.4) is 0 Å². The van der Waals surface area contributed by atoms with Crippen molar-refractivity contribution in [3.05, 3.63) is 35.9 Å². The second-order valence-electron chi connectivity index (χ2n) is 2.43. The summed E-state index contributed by atoms with van der Waals surface area (Å²) in [7, 11) is 0. The van der Waals surface area contributed by atoms with Crippen LogP contribution in [0.1, 0.15) is 24.9 Å². The predicted octanol–water partition coefficient (Wildman–Crippen LogP) is 2.71. The molecular weight excluding hydrogens is 249 g/mol. The van der Waals surface area contributed by atoms with Crippen LogP contribution in [0, 0.1) is 0 Å². The van der Waals surface area contributed by atoms with E-state index in [1.54, 1.807) is 0 Å². The molecule has 0 fully saturated rings. The highest BCUT2D eigenvalue weighted by Crippen LogP contribution is 2.11. The van der Waals surface area contributed by atoms with E-state index in [9.17, 15) is 0 Å². The molecule has 0 spiro atoms. The molecule has 0 aliphatic heterocycles. The van der Waals surface area contributed by atoms with Crippen molar-refractivity contribution in [2.24, 2.45) is 5.73 Å². The first-order valence-corrected chi connectivity index (χ1v) is 3.65. The van der Waals surface area contributed by atoms with E-state index in [1.807, 2.05) is 18.2 Å². The van der Waals surface area contributed by atoms with Gasteiger partial charge in [0.25, 0.3) is 0 Å². The molecule has 0 saturated heterocycles. The van der Waals surface area contributed by atoms with E-state index >= 15 is 0 Å². The summed E-state index contributed by atoms with van der Waals surface area (Å²) < 4.78 is 0. The summed E-state index contributed by atoms with van der Waals surface area (Å²) in [6, 6.07) is 10.4. The molecule has 0 aliphatic carbocycles. The topological polar surface area (TPSA) is 26.0 Å². The first-order valence-electron chi connectivity index (χ1n) is 3.65. The molecule has 62 valence electrons. The maximum Gasteiger partial charge on any atom is 0.0292 e. The molecule has 0 bridgehead atoms. The van der Waals surface area contributed by atoms with Crippen molar-refractivity contribution in [3.8, 4) is 0 Å². The predicted molar refractivity (Wildman–Crippen MR) is 59.1 cm³/mol. The average molecular weight is 263 g/mol. The lowest BCUT2D eigenvalue weighted by Crippen LogP contribution is -2.07. The van der Waals surface area contributed by atoms with Gasteiger partial charge in [0.15, 0.2) is 0 Å². The number of halogens is 1. The Morgan fingerprint density at radius 3 is 2.27 bits per heavy atom. The minimum absolute atomic E-state index is 0. The van der Waals surface area contributed by atoms with Crippen LogP contribution >= 0.6 is 24.0 Å². The molecule has 0 aromatic heterocycles. The van der Waals surface area contributed by atoms with Crippen molar-refractivity contribution < 1.29 is 0 Å². The molecule has 11 heavy (non-hydrogen) atoms. The summed E-state index contributed by atoms with van der Waals surface area (Å²) >= 11 is 0. The molecule has 2 heteroatoms. The molecule has 0 aliphatic rings. The van der Waals surface area contributed by atoms with Crippen LogP contribution < -0.4 is 5.73 Å². The zero-order valence-electron chi connectivity index (χ0n) is 6.66. The van der Waals surface area contributed by atoms with Gasteiger partial charge >= 0.3 is 0 Å². The van der Waals surface area contributed by atoms with Crippen molar-refractivity contribution in [3.63, 3.8) is 0 Å². The fourth-order valence-electron chi connectivity index (χ4n) is 0.936. The number of rotatable bonds is 2. The second-order valence-corrected chi connectivity index (χ2v) is 2.43. The smallest absolute Gasteiger partial charge is 0.0292 e. The molecule has 1 unspecified atom stereocenters. The van der Waals surface area contributed by atoms with Crippen LogP contribution in [0.25, 0.3) is 0 Å². The van der Waals surface area contributed by atoms with Crippen molar-refractivity contribution >= 4 is 24.0 Å². The normalized spacial score (nSPS) is 11.8. The van der Waals surface area contributed by atoms with Gasteiger partial charge in [-0.15, -0.1) is 24.0 Å². The molecule has 2 N–H and O–H groups in total. The van der Waals surface area contributed by atoms with Crippen molar-refractivity contribution in [1.29, 1.82) is 0 Å². The molecule has 0 saturated carbocycles. The van der Waals surface area contributed by atoms with E-state index in [4.69, 9.17) is 5.73 Å². The zero-order valence-corrected chi connectivity index (χ0v) is 8.99. The number of hydrogen-bond acceptors (Lipinski definition) is 1. The summed E-state index contributed by atoms with van der Waals surface area (Å²) in [5.74, 6) is 0. The maximum atomic E-state index is 5.79. The first-order chi connectivity index (χ1) is 4.84. The van der Waals surface area contributed by atoms with Gasteiger partial charge < -0.3 is 5.73 Å². The highest BCUT2D eigenvalue weighted by Gasteiger charge is 1.99. The molecule has 1 atom stereocenters. The fraction of sp³-hybridized carbons (Fsp3) is 0.333. The maximum absolute atomic E-state index is 5.79. The highest BCUT2D eigenvalue weighted by molar-refractivity contribution is 14.0. The van der Waals surface area contributed by atoms with Gasteiger partial charge in [0.05, 0.1) is 0 Å². The summed E-state index contributed by atoms with van der Waals surface area (Å²) in [6.07, 6.45) is 1.00. The Kier molecular flexibility index (Phi) is 5.50. The monoisotopic (exact) mass is 263 g/mol. The van der Waals surface area contributed by atoms with E-state index in [-0.39, 0.29) is 30.0 Å². The van der Waals surface area contributed by atoms with Crippen LogP contribution in [-0.2, 0) is 0 Å². The van der Waals surface area contributed by atoms with E-state index in [0.717, 1.165) is 6.42 Å². The van der Waals surface area contributed by atoms with Crippen LogP contribution in [0.5, 0.6) is 0 Å². The van der Waals surface area contributed by atoms with Crippen molar-refractivity contribution in [1.82, 2.24) is 0 Å². The Morgan fingerprint density at radius 1 is 1.27 bits per heavy atom. The van der Waals surface area contributed by atoms with Crippen molar-refractivity contribution in [2.45, 2.75) is 19.4 Å². The summed E-state index contributed by atoms with van der Waals surface area (Å²) in [4.78, 5) is 0. The van der Waals surface area contributed by atoms with Gasteiger partial charge in [-0.2, -0.15) is 0 Å². The lowest BCUT2D eigenvalue weighted by atomic mass is 10.1. The summed E-state index contributed by atoms with van der Waals surface area (Å²) in [5, 5.41) is 0. The van der Waals surface area contributed by atoms with E-state index in [0.29, 0.717) is 0 Å². The Balaban J connectivity index is 0.000001000. The lowest BCUT2D eigenvalue weighted by Gasteiger charge is -2.06. The number of benzene rings is 1. The lowest BCUT2D eigenvalue weighted by molar-refractivity contribution is 0.699. The zero-order chi connectivity index (χ0) is 7.40. The van der Waals surface area contributed by atoms with E-state index in [2.05, 4.69) is 19.1 Å². The van der Waals surface area contributed by atoms with Gasteiger partial charge in [0, 0.05) is 6.04 Å². The molecule has 1 rings (SSSR count). The molecule has 1 aromatic carbocycles. The van der Waals surface area contributed by atoms with Crippen molar-refractivity contribution in [2.75, 3.05) is 0 Å². The summed E-state index contributed by atoms with van der Waals surface area (Å²) in [5.41, 5.74) is 7.02. The molecule has 1 nitrogen and oxygen atoms in total. The standard InChI is InChI=1S/C9H13N.HI/c1-2-9(10)8-6-4-3-5-7-8;/h3-7,9H,2,10H2,1H3;1H. The van der Waals surface area contributed by atoms with Crippen LogP contribution in [0.2, 0.25) is 0 Å². The minimum Gasteiger partial charge on any atom is -0.324 e. The number of nitrogens with two attached hydrogens (primary N) is 1. The molecule has 0 radical (unpaired) electrons. The number of hydrogen-bond donors (Lipinski definition) is 1. The van der Waals surface area contributed by atoms with Gasteiger partial charge in [-0.05, 0) is 12.0 Å². The summed E-state index contributed by atoms with van der Waals surface area (Å²) in [6.45, 7) is 2.09. The quantitative estimate of drug-likeness (QED) is 0.816. The molecular formula is C9H14IN. The Morgan fingerprint density at radius 2 is 1.82 bits per heavy atom. The largest absolute Gasteiger partial charge is 0.324 e. The van der Waals surface area contributed by atoms with Gasteiger partial charge in [0.1, 0.15) is 0 Å². The SMILES string of the molecule is CCC(N)c1ccccc1.I. The second kappa shape index (κ2) is 5.55. The molecule has 0 heterocycles. The van der Waals surface area contributed by atoms with E-state index < -0.39 is 0 Å². The third kappa shape index (κ3) is 3.20. The van der Waals surface area contributed by atoms with Crippen LogP contribution in [0.15, 0.2) is 30.3 Å². The Labute approximate surface area is 85.0 Å². The van der Waals surface area contributed by atoms with Gasteiger partial charge in [-0.25, -0.2) is 0 Å². The Bertz CT molecular complexity index is 186. The molecule has 1 aromatic rings. The fourth-order valence-corrected chi connectivity index (χ4v) is 0.936. The Hall–Kier alpha value is -0.0900. The average Bonchev–Trinajstić information content (AvgIpc) is 2.05. The van der Waals surface area contributed by atoms with Gasteiger partial charge in [0.2, 0.25) is 0 Å². The third-order valence-corrected chi connectivity index (χ3v) is 1.67. The molecule has 0 amide bonds. The highest BCUT2D eigenvalue weighted by atomic mass is 127. The van der Waals surface area contributed by atoms with Crippen LogP contribution in [0.4, 0.5) is 0 Å². The van der Waals surface area contributed by atoms with Crippen LogP contribution in [-0.4, -0.2) is 0 Å². The third-order valence-electron chi connectivity index (χ3n) is 1.67. The van der Waals surface area contributed by atoms with E-state index in [1.165, 1.54) is 5.56 Å². The minimum atomic E-state index is 0.